The van der Waals surface area contributed by atoms with Gasteiger partial charge in [-0.25, -0.2) is 4.39 Å². The number of hydrogen-bond donors (Lipinski definition) is 2. The standard InChI is InChI=1S/C15H21FN2O2/c1-20-14-8-12(16)6-7-13(14)18-15(19)11-4-2-10(9-17)3-5-11/h6-8,10-11H,2-5,9,17H2,1H3,(H,18,19). The molecule has 0 atom stereocenters. The van der Waals surface area contributed by atoms with Crippen LogP contribution in [0.1, 0.15) is 25.7 Å². The number of amides is 1. The number of carbonyl (C=O) groups is 1. The predicted molar refractivity (Wildman–Crippen MR) is 76.1 cm³/mol. The number of ether oxygens (including phenoxy) is 1. The number of anilines is 1. The Morgan fingerprint density at radius 3 is 2.70 bits per heavy atom. The van der Waals surface area contributed by atoms with Crippen LogP contribution in [-0.4, -0.2) is 19.6 Å². The Morgan fingerprint density at radius 2 is 2.10 bits per heavy atom. The van der Waals surface area contributed by atoms with Crippen LogP contribution in [-0.2, 0) is 4.79 Å². The molecule has 1 aliphatic rings. The van der Waals surface area contributed by atoms with E-state index in [0.29, 0.717) is 23.9 Å². The van der Waals surface area contributed by atoms with Crippen molar-refractivity contribution in [1.82, 2.24) is 0 Å². The molecule has 1 aromatic rings. The lowest BCUT2D eigenvalue weighted by atomic mass is 9.81. The minimum Gasteiger partial charge on any atom is -0.494 e. The van der Waals surface area contributed by atoms with Gasteiger partial charge in [-0.1, -0.05) is 0 Å². The Morgan fingerprint density at radius 1 is 1.40 bits per heavy atom. The van der Waals surface area contributed by atoms with Gasteiger partial charge in [-0.3, -0.25) is 4.79 Å². The van der Waals surface area contributed by atoms with Crippen molar-refractivity contribution >= 4 is 11.6 Å². The lowest BCUT2D eigenvalue weighted by Crippen LogP contribution is -2.29. The van der Waals surface area contributed by atoms with Gasteiger partial charge >= 0.3 is 0 Å². The van der Waals surface area contributed by atoms with Gasteiger partial charge in [0, 0.05) is 12.0 Å². The third-order valence-electron chi connectivity index (χ3n) is 3.97. The van der Waals surface area contributed by atoms with Crippen molar-refractivity contribution in [3.8, 4) is 5.75 Å². The fraction of sp³-hybridized carbons (Fsp3) is 0.533. The first-order valence-corrected chi connectivity index (χ1v) is 6.98. The summed E-state index contributed by atoms with van der Waals surface area (Å²) in [6.07, 6.45) is 3.71. The van der Waals surface area contributed by atoms with E-state index in [1.165, 1.54) is 25.3 Å². The largest absolute Gasteiger partial charge is 0.494 e. The van der Waals surface area contributed by atoms with Gasteiger partial charge in [0.2, 0.25) is 5.91 Å². The molecule has 0 radical (unpaired) electrons. The Bertz CT molecular complexity index is 471. The summed E-state index contributed by atoms with van der Waals surface area (Å²) in [7, 11) is 1.46. The summed E-state index contributed by atoms with van der Waals surface area (Å²) in [6.45, 7) is 0.695. The summed E-state index contributed by atoms with van der Waals surface area (Å²) in [5, 5.41) is 2.83. The zero-order valence-electron chi connectivity index (χ0n) is 11.7. The van der Waals surface area contributed by atoms with E-state index in [2.05, 4.69) is 5.32 Å². The molecule has 1 fully saturated rings. The molecule has 2 rings (SSSR count). The maximum atomic E-state index is 13.1. The fourth-order valence-electron chi connectivity index (χ4n) is 2.66. The highest BCUT2D eigenvalue weighted by atomic mass is 19.1. The first kappa shape index (κ1) is 14.8. The molecule has 0 saturated heterocycles. The van der Waals surface area contributed by atoms with E-state index in [1.807, 2.05) is 0 Å². The van der Waals surface area contributed by atoms with Crippen LogP contribution in [0.3, 0.4) is 0 Å². The quantitative estimate of drug-likeness (QED) is 0.890. The van der Waals surface area contributed by atoms with Crippen LogP contribution < -0.4 is 15.8 Å². The highest BCUT2D eigenvalue weighted by molar-refractivity contribution is 5.94. The minimum atomic E-state index is -0.386. The predicted octanol–water partition coefficient (Wildman–Crippen LogP) is 2.54. The van der Waals surface area contributed by atoms with Crippen molar-refractivity contribution < 1.29 is 13.9 Å². The lowest BCUT2D eigenvalue weighted by molar-refractivity contribution is -0.121. The summed E-state index contributed by atoms with van der Waals surface area (Å²) < 4.78 is 18.2. The van der Waals surface area contributed by atoms with Crippen molar-refractivity contribution in [2.24, 2.45) is 17.6 Å². The van der Waals surface area contributed by atoms with Crippen LogP contribution in [0.15, 0.2) is 18.2 Å². The van der Waals surface area contributed by atoms with Gasteiger partial charge in [0.25, 0.3) is 0 Å². The molecule has 3 N–H and O–H groups in total. The van der Waals surface area contributed by atoms with Crippen molar-refractivity contribution in [2.45, 2.75) is 25.7 Å². The Labute approximate surface area is 118 Å². The SMILES string of the molecule is COc1cc(F)ccc1NC(=O)C1CCC(CN)CC1. The lowest BCUT2D eigenvalue weighted by Gasteiger charge is -2.26. The van der Waals surface area contributed by atoms with Gasteiger partial charge in [-0.15, -0.1) is 0 Å². The monoisotopic (exact) mass is 280 g/mol. The van der Waals surface area contributed by atoms with Gasteiger partial charge in [0.1, 0.15) is 11.6 Å². The molecule has 0 unspecified atom stereocenters. The molecule has 1 amide bonds. The second-order valence-electron chi connectivity index (χ2n) is 5.29. The summed E-state index contributed by atoms with van der Waals surface area (Å²) in [5.41, 5.74) is 6.16. The van der Waals surface area contributed by atoms with E-state index in [0.717, 1.165) is 25.7 Å². The number of nitrogens with two attached hydrogens (primary N) is 1. The summed E-state index contributed by atoms with van der Waals surface area (Å²) in [5.74, 6) is 0.481. The van der Waals surface area contributed by atoms with Gasteiger partial charge in [0.05, 0.1) is 12.8 Å². The van der Waals surface area contributed by atoms with E-state index in [-0.39, 0.29) is 17.6 Å². The Hall–Kier alpha value is -1.62. The molecule has 0 heterocycles. The second-order valence-corrected chi connectivity index (χ2v) is 5.29. The third-order valence-corrected chi connectivity index (χ3v) is 3.97. The summed E-state index contributed by atoms with van der Waals surface area (Å²) >= 11 is 0. The molecule has 1 aromatic carbocycles. The average molecular weight is 280 g/mol. The van der Waals surface area contributed by atoms with E-state index in [9.17, 15) is 9.18 Å². The number of methoxy groups -OCH3 is 1. The van der Waals surface area contributed by atoms with Crippen molar-refractivity contribution in [2.75, 3.05) is 19.0 Å². The molecule has 20 heavy (non-hydrogen) atoms. The maximum Gasteiger partial charge on any atom is 0.227 e. The van der Waals surface area contributed by atoms with Gasteiger partial charge in [0.15, 0.2) is 0 Å². The zero-order chi connectivity index (χ0) is 14.5. The first-order valence-electron chi connectivity index (χ1n) is 6.98. The molecule has 0 bridgehead atoms. The number of rotatable bonds is 4. The number of nitrogens with one attached hydrogen (secondary N) is 1. The highest BCUT2D eigenvalue weighted by Crippen LogP contribution is 2.31. The molecule has 1 saturated carbocycles. The van der Waals surface area contributed by atoms with Crippen LogP contribution in [0.4, 0.5) is 10.1 Å². The Kier molecular flexibility index (Phi) is 4.95. The Balaban J connectivity index is 1.98. The second kappa shape index (κ2) is 6.70. The molecule has 0 aromatic heterocycles. The molecular formula is C15H21FN2O2. The first-order chi connectivity index (χ1) is 9.63. The molecule has 0 spiro atoms. The van der Waals surface area contributed by atoms with Crippen LogP contribution in [0.5, 0.6) is 5.75 Å². The van der Waals surface area contributed by atoms with E-state index < -0.39 is 0 Å². The van der Waals surface area contributed by atoms with Crippen LogP contribution >= 0.6 is 0 Å². The summed E-state index contributed by atoms with van der Waals surface area (Å²) in [4.78, 5) is 12.2. The number of benzene rings is 1. The molecule has 0 aliphatic heterocycles. The van der Waals surface area contributed by atoms with E-state index >= 15 is 0 Å². The topological polar surface area (TPSA) is 64.3 Å². The van der Waals surface area contributed by atoms with Crippen molar-refractivity contribution in [3.05, 3.63) is 24.0 Å². The number of hydrogen-bond acceptors (Lipinski definition) is 3. The van der Waals surface area contributed by atoms with Gasteiger partial charge in [-0.05, 0) is 50.3 Å². The highest BCUT2D eigenvalue weighted by Gasteiger charge is 2.26. The molecule has 4 nitrogen and oxygen atoms in total. The number of halogens is 1. The van der Waals surface area contributed by atoms with Crippen molar-refractivity contribution in [1.29, 1.82) is 0 Å². The van der Waals surface area contributed by atoms with Crippen molar-refractivity contribution in [3.63, 3.8) is 0 Å². The van der Waals surface area contributed by atoms with Crippen LogP contribution in [0, 0.1) is 17.7 Å². The van der Waals surface area contributed by atoms with Crippen LogP contribution in [0.2, 0.25) is 0 Å². The zero-order valence-corrected chi connectivity index (χ0v) is 11.7. The van der Waals surface area contributed by atoms with Gasteiger partial charge < -0.3 is 15.8 Å². The molecule has 5 heteroatoms. The van der Waals surface area contributed by atoms with E-state index in [4.69, 9.17) is 10.5 Å². The minimum absolute atomic E-state index is 0.00700. The van der Waals surface area contributed by atoms with Gasteiger partial charge in [-0.2, -0.15) is 0 Å². The molecule has 110 valence electrons. The smallest absolute Gasteiger partial charge is 0.227 e. The number of carbonyl (C=O) groups excluding carboxylic acids is 1. The summed E-state index contributed by atoms with van der Waals surface area (Å²) in [6, 6.07) is 4.10. The fourth-order valence-corrected chi connectivity index (χ4v) is 2.66. The molecular weight excluding hydrogens is 259 g/mol. The third kappa shape index (κ3) is 3.48. The molecule has 1 aliphatic carbocycles. The van der Waals surface area contributed by atoms with Crippen LogP contribution in [0.25, 0.3) is 0 Å². The van der Waals surface area contributed by atoms with E-state index in [1.54, 1.807) is 0 Å². The average Bonchev–Trinajstić information content (AvgIpc) is 2.49. The normalized spacial score (nSPS) is 22.4. The maximum absolute atomic E-state index is 13.1.